The number of hydrogen-bond acceptors (Lipinski definition) is 2. The maximum atomic E-state index is 11.3. The Kier molecular flexibility index (Phi) is 3.96. The van der Waals surface area contributed by atoms with E-state index >= 15 is 0 Å². The first kappa shape index (κ1) is 11.5. The van der Waals surface area contributed by atoms with Gasteiger partial charge in [-0.05, 0) is 41.9 Å². The lowest BCUT2D eigenvalue weighted by atomic mass is 10.1. The normalized spacial score (nSPS) is 10.0. The topological polar surface area (TPSA) is 26.3 Å². The van der Waals surface area contributed by atoms with Gasteiger partial charge in [0.15, 0.2) is 5.78 Å². The Morgan fingerprint density at radius 2 is 2.21 bits per heavy atom. The van der Waals surface area contributed by atoms with Crippen LogP contribution in [0.5, 0.6) is 5.75 Å². The number of carbonyl (C=O) groups excluding carboxylic acids is 1. The highest BCUT2D eigenvalue weighted by atomic mass is 79.9. The number of hydrogen-bond donors (Lipinski definition) is 0. The Hall–Kier alpha value is -0.540. The molecule has 0 amide bonds. The Balaban J connectivity index is 3.24. The molecule has 1 aromatic rings. The number of carbonyl (C=O) groups is 1. The second-order valence-corrected chi connectivity index (χ2v) is 4.01. The SMILES string of the molecule is CCOc1cc(Br)c(Cl)cc1C(C)=O. The summed E-state index contributed by atoms with van der Waals surface area (Å²) in [6, 6.07) is 3.32. The first-order chi connectivity index (χ1) is 6.56. The zero-order valence-electron chi connectivity index (χ0n) is 7.93. The predicted molar refractivity (Wildman–Crippen MR) is 60.3 cm³/mol. The van der Waals surface area contributed by atoms with Gasteiger partial charge in [-0.3, -0.25) is 4.79 Å². The molecule has 1 aromatic carbocycles. The predicted octanol–water partition coefficient (Wildman–Crippen LogP) is 3.70. The van der Waals surface area contributed by atoms with Gasteiger partial charge in [0, 0.05) is 4.47 Å². The van der Waals surface area contributed by atoms with Crippen LogP contribution in [0.3, 0.4) is 0 Å². The summed E-state index contributed by atoms with van der Waals surface area (Å²) in [6.07, 6.45) is 0. The van der Waals surface area contributed by atoms with E-state index in [1.807, 2.05) is 6.92 Å². The summed E-state index contributed by atoms with van der Waals surface area (Å²) in [7, 11) is 0. The number of Topliss-reactive ketones (excluding diaryl/α,β-unsaturated/α-hetero) is 1. The van der Waals surface area contributed by atoms with Crippen molar-refractivity contribution >= 4 is 33.3 Å². The van der Waals surface area contributed by atoms with Crippen LogP contribution in [-0.2, 0) is 0 Å². The van der Waals surface area contributed by atoms with Crippen LogP contribution in [0.1, 0.15) is 24.2 Å². The van der Waals surface area contributed by atoms with Gasteiger partial charge in [-0.1, -0.05) is 11.6 Å². The Labute approximate surface area is 96.3 Å². The van der Waals surface area contributed by atoms with Crippen molar-refractivity contribution in [1.29, 1.82) is 0 Å². The highest BCUT2D eigenvalue weighted by Gasteiger charge is 2.11. The molecular formula is C10H10BrClO2. The van der Waals surface area contributed by atoms with E-state index in [1.165, 1.54) is 6.92 Å². The lowest BCUT2D eigenvalue weighted by molar-refractivity contribution is 0.101. The average molecular weight is 278 g/mol. The van der Waals surface area contributed by atoms with E-state index < -0.39 is 0 Å². The third kappa shape index (κ3) is 2.49. The van der Waals surface area contributed by atoms with Gasteiger partial charge < -0.3 is 4.74 Å². The van der Waals surface area contributed by atoms with Crippen LogP contribution in [0.4, 0.5) is 0 Å². The average Bonchev–Trinajstić information content (AvgIpc) is 2.11. The van der Waals surface area contributed by atoms with Crippen LogP contribution in [0.2, 0.25) is 5.02 Å². The molecule has 0 heterocycles. The standard InChI is InChI=1S/C10H10BrClO2/c1-3-14-10-5-8(11)9(12)4-7(10)6(2)13/h4-5H,3H2,1-2H3. The molecule has 0 fully saturated rings. The van der Waals surface area contributed by atoms with Crippen molar-refractivity contribution in [2.24, 2.45) is 0 Å². The summed E-state index contributed by atoms with van der Waals surface area (Å²) in [5.74, 6) is 0.513. The zero-order valence-corrected chi connectivity index (χ0v) is 10.3. The van der Waals surface area contributed by atoms with Gasteiger partial charge in [0.05, 0.1) is 17.2 Å². The molecule has 0 bridgehead atoms. The van der Waals surface area contributed by atoms with Gasteiger partial charge in [-0.2, -0.15) is 0 Å². The van der Waals surface area contributed by atoms with Gasteiger partial charge >= 0.3 is 0 Å². The van der Waals surface area contributed by atoms with Crippen molar-refractivity contribution in [1.82, 2.24) is 0 Å². The summed E-state index contributed by atoms with van der Waals surface area (Å²) < 4.78 is 6.05. The number of rotatable bonds is 3. The quantitative estimate of drug-likeness (QED) is 0.787. The summed E-state index contributed by atoms with van der Waals surface area (Å²) in [5.41, 5.74) is 0.514. The minimum absolute atomic E-state index is 0.0529. The number of halogens is 2. The minimum atomic E-state index is -0.0529. The molecule has 1 rings (SSSR count). The Bertz CT molecular complexity index is 363. The molecule has 0 spiro atoms. The first-order valence-electron chi connectivity index (χ1n) is 4.19. The summed E-state index contributed by atoms with van der Waals surface area (Å²) >= 11 is 9.15. The molecule has 14 heavy (non-hydrogen) atoms. The van der Waals surface area contributed by atoms with E-state index in [4.69, 9.17) is 16.3 Å². The van der Waals surface area contributed by atoms with Crippen molar-refractivity contribution in [3.05, 3.63) is 27.2 Å². The molecule has 0 aliphatic rings. The second kappa shape index (κ2) is 4.80. The molecule has 0 saturated carbocycles. The van der Waals surface area contributed by atoms with Crippen LogP contribution in [0, 0.1) is 0 Å². The van der Waals surface area contributed by atoms with E-state index in [-0.39, 0.29) is 5.78 Å². The summed E-state index contributed by atoms with van der Waals surface area (Å²) in [6.45, 7) is 3.88. The molecule has 0 atom stereocenters. The maximum absolute atomic E-state index is 11.3. The molecule has 0 radical (unpaired) electrons. The number of benzene rings is 1. The summed E-state index contributed by atoms with van der Waals surface area (Å²) in [4.78, 5) is 11.3. The fraction of sp³-hybridized carbons (Fsp3) is 0.300. The van der Waals surface area contributed by atoms with Crippen molar-refractivity contribution in [3.63, 3.8) is 0 Å². The summed E-state index contributed by atoms with van der Waals surface area (Å²) in [5, 5.41) is 0.513. The smallest absolute Gasteiger partial charge is 0.163 e. The zero-order chi connectivity index (χ0) is 10.7. The van der Waals surface area contributed by atoms with Crippen LogP contribution in [-0.4, -0.2) is 12.4 Å². The molecule has 2 nitrogen and oxygen atoms in total. The molecule has 0 N–H and O–H groups in total. The van der Waals surface area contributed by atoms with E-state index in [1.54, 1.807) is 12.1 Å². The minimum Gasteiger partial charge on any atom is -0.493 e. The van der Waals surface area contributed by atoms with Crippen molar-refractivity contribution in [2.45, 2.75) is 13.8 Å². The van der Waals surface area contributed by atoms with Crippen LogP contribution >= 0.6 is 27.5 Å². The molecule has 4 heteroatoms. The van der Waals surface area contributed by atoms with Crippen LogP contribution in [0.15, 0.2) is 16.6 Å². The van der Waals surface area contributed by atoms with Crippen LogP contribution < -0.4 is 4.74 Å². The Morgan fingerprint density at radius 1 is 1.57 bits per heavy atom. The molecular weight excluding hydrogens is 267 g/mol. The van der Waals surface area contributed by atoms with Crippen molar-refractivity contribution in [2.75, 3.05) is 6.61 Å². The van der Waals surface area contributed by atoms with Gasteiger partial charge in [0.2, 0.25) is 0 Å². The third-order valence-corrected chi connectivity index (χ3v) is 2.90. The van der Waals surface area contributed by atoms with Gasteiger partial charge in [-0.25, -0.2) is 0 Å². The fourth-order valence-corrected chi connectivity index (χ4v) is 1.56. The third-order valence-electron chi connectivity index (χ3n) is 1.70. The molecule has 0 unspecified atom stereocenters. The van der Waals surface area contributed by atoms with Crippen LogP contribution in [0.25, 0.3) is 0 Å². The largest absolute Gasteiger partial charge is 0.493 e. The van der Waals surface area contributed by atoms with Crippen molar-refractivity contribution in [3.8, 4) is 5.75 Å². The molecule has 76 valence electrons. The fourth-order valence-electron chi connectivity index (χ4n) is 1.08. The Morgan fingerprint density at radius 3 is 2.71 bits per heavy atom. The molecule has 0 saturated heterocycles. The highest BCUT2D eigenvalue weighted by Crippen LogP contribution is 2.31. The van der Waals surface area contributed by atoms with E-state index in [0.29, 0.717) is 22.9 Å². The molecule has 0 aliphatic heterocycles. The molecule has 0 aliphatic carbocycles. The van der Waals surface area contributed by atoms with Crippen molar-refractivity contribution < 1.29 is 9.53 Å². The lowest BCUT2D eigenvalue weighted by Gasteiger charge is -2.09. The van der Waals surface area contributed by atoms with Gasteiger partial charge in [0.1, 0.15) is 5.75 Å². The van der Waals surface area contributed by atoms with Gasteiger partial charge in [-0.15, -0.1) is 0 Å². The number of ether oxygens (including phenoxy) is 1. The van der Waals surface area contributed by atoms with Gasteiger partial charge in [0.25, 0.3) is 0 Å². The van der Waals surface area contributed by atoms with E-state index in [9.17, 15) is 4.79 Å². The second-order valence-electron chi connectivity index (χ2n) is 2.75. The molecule has 0 aromatic heterocycles. The first-order valence-corrected chi connectivity index (χ1v) is 5.36. The lowest BCUT2D eigenvalue weighted by Crippen LogP contribution is -2.00. The monoisotopic (exact) mass is 276 g/mol. The maximum Gasteiger partial charge on any atom is 0.163 e. The highest BCUT2D eigenvalue weighted by molar-refractivity contribution is 9.10. The van der Waals surface area contributed by atoms with E-state index in [0.717, 1.165) is 4.47 Å². The van der Waals surface area contributed by atoms with E-state index in [2.05, 4.69) is 15.9 Å². The number of ketones is 1.